The van der Waals surface area contributed by atoms with Gasteiger partial charge in [-0.1, -0.05) is 12.1 Å². The van der Waals surface area contributed by atoms with Crippen molar-refractivity contribution in [3.8, 4) is 0 Å². The average Bonchev–Trinajstić information content (AvgIpc) is 2.69. The van der Waals surface area contributed by atoms with Gasteiger partial charge in [0.1, 0.15) is 5.82 Å². The van der Waals surface area contributed by atoms with Crippen LogP contribution in [0.1, 0.15) is 16.7 Å². The van der Waals surface area contributed by atoms with Crippen LogP contribution in [-0.4, -0.2) is 21.2 Å². The van der Waals surface area contributed by atoms with Crippen LogP contribution in [0.25, 0.3) is 0 Å². The number of hydrogen-bond donors (Lipinski definition) is 4. The lowest BCUT2D eigenvalue weighted by Crippen LogP contribution is -2.07. The lowest BCUT2D eigenvalue weighted by Gasteiger charge is -2.12. The first-order valence-corrected chi connectivity index (χ1v) is 8.82. The van der Waals surface area contributed by atoms with Crippen molar-refractivity contribution >= 4 is 35.6 Å². The van der Waals surface area contributed by atoms with Gasteiger partial charge in [0.05, 0.1) is 5.56 Å². The molecule has 0 saturated heterocycles. The summed E-state index contributed by atoms with van der Waals surface area (Å²) >= 11 is 1.21. The van der Waals surface area contributed by atoms with Gasteiger partial charge >= 0.3 is 0 Å². The first-order valence-electron chi connectivity index (χ1n) is 7.94. The molecule has 0 aliphatic rings. The van der Waals surface area contributed by atoms with E-state index in [4.69, 9.17) is 10.5 Å². The summed E-state index contributed by atoms with van der Waals surface area (Å²) in [6.07, 6.45) is 6.36. The minimum Gasteiger partial charge on any atom is -0.365 e. The maximum Gasteiger partial charge on any atom is 0.229 e. The molecule has 5 N–H and O–H groups in total. The molecule has 132 valence electrons. The maximum atomic E-state index is 7.54. The fraction of sp³-hybridized carbons (Fsp3) is 0.111. The minimum atomic E-state index is 0.445. The number of aryl methyl sites for hydroxylation is 1. The zero-order valence-corrected chi connectivity index (χ0v) is 15.0. The van der Waals surface area contributed by atoms with Gasteiger partial charge in [0.15, 0.2) is 0 Å². The highest BCUT2D eigenvalue weighted by Crippen LogP contribution is 2.24. The van der Waals surface area contributed by atoms with Gasteiger partial charge in [0.25, 0.3) is 0 Å². The molecule has 8 heteroatoms. The molecule has 26 heavy (non-hydrogen) atoms. The lowest BCUT2D eigenvalue weighted by molar-refractivity contribution is 1.06. The largest absolute Gasteiger partial charge is 0.365 e. The summed E-state index contributed by atoms with van der Waals surface area (Å²) in [4.78, 5) is 13.8. The summed E-state index contributed by atoms with van der Waals surface area (Å²) < 4.78 is 0. The van der Waals surface area contributed by atoms with Crippen molar-refractivity contribution in [1.82, 2.24) is 15.0 Å². The third-order valence-electron chi connectivity index (χ3n) is 3.73. The zero-order valence-electron chi connectivity index (χ0n) is 14.2. The van der Waals surface area contributed by atoms with E-state index in [1.165, 1.54) is 18.2 Å². The van der Waals surface area contributed by atoms with Crippen molar-refractivity contribution in [3.63, 3.8) is 0 Å². The summed E-state index contributed by atoms with van der Waals surface area (Å²) in [5, 5.41) is 19.6. The van der Waals surface area contributed by atoms with E-state index < -0.39 is 0 Å². The fourth-order valence-electron chi connectivity index (χ4n) is 2.32. The standard InChI is InChI=1S/C18H19N7S/c1-12-4-5-15(7-16(12)26-20)24-18-23-11-14(8-19)17(25-18)22-10-13-3-2-6-21-9-13/h2-9,11,19H,10,20H2,1H3,(H2,22,23,24,25). The summed E-state index contributed by atoms with van der Waals surface area (Å²) in [6.45, 7) is 2.57. The van der Waals surface area contributed by atoms with Crippen molar-refractivity contribution < 1.29 is 0 Å². The smallest absolute Gasteiger partial charge is 0.229 e. The van der Waals surface area contributed by atoms with Crippen molar-refractivity contribution in [1.29, 1.82) is 5.41 Å². The predicted molar refractivity (Wildman–Crippen MR) is 106 cm³/mol. The summed E-state index contributed by atoms with van der Waals surface area (Å²) in [5.74, 6) is 1.03. The van der Waals surface area contributed by atoms with E-state index in [2.05, 4.69) is 25.6 Å². The molecule has 3 rings (SSSR count). The third-order valence-corrected chi connectivity index (χ3v) is 4.42. The first-order chi connectivity index (χ1) is 12.7. The fourth-order valence-corrected chi connectivity index (χ4v) is 2.77. The van der Waals surface area contributed by atoms with E-state index in [1.807, 2.05) is 37.3 Å². The number of hydrogen-bond acceptors (Lipinski definition) is 8. The molecule has 0 unspecified atom stereocenters. The molecule has 0 spiro atoms. The van der Waals surface area contributed by atoms with Gasteiger partial charge in [-0.2, -0.15) is 4.98 Å². The molecule has 1 aromatic carbocycles. The number of anilines is 3. The van der Waals surface area contributed by atoms with Crippen molar-refractivity contribution in [2.45, 2.75) is 18.4 Å². The number of pyridine rings is 1. The Bertz CT molecular complexity index is 899. The monoisotopic (exact) mass is 365 g/mol. The van der Waals surface area contributed by atoms with Crippen molar-refractivity contribution in [2.24, 2.45) is 5.14 Å². The molecule has 0 radical (unpaired) electrons. The van der Waals surface area contributed by atoms with E-state index in [9.17, 15) is 0 Å². The number of aromatic nitrogens is 3. The Labute approximate surface area is 156 Å². The van der Waals surface area contributed by atoms with Crippen LogP contribution < -0.4 is 15.8 Å². The normalized spacial score (nSPS) is 10.4. The van der Waals surface area contributed by atoms with Gasteiger partial charge in [-0.3, -0.25) is 10.1 Å². The van der Waals surface area contributed by atoms with E-state index in [0.29, 0.717) is 23.9 Å². The van der Waals surface area contributed by atoms with Gasteiger partial charge in [-0.05, 0) is 48.2 Å². The van der Waals surface area contributed by atoms with Crippen LogP contribution in [0, 0.1) is 12.3 Å². The Morgan fingerprint density at radius 1 is 1.27 bits per heavy atom. The Hall–Kier alpha value is -2.97. The number of nitrogens with one attached hydrogen (secondary N) is 3. The lowest BCUT2D eigenvalue weighted by atomic mass is 10.2. The number of rotatable bonds is 7. The van der Waals surface area contributed by atoms with Gasteiger partial charge in [-0.15, -0.1) is 0 Å². The van der Waals surface area contributed by atoms with E-state index in [0.717, 1.165) is 21.7 Å². The van der Waals surface area contributed by atoms with Crippen LogP contribution in [0.2, 0.25) is 0 Å². The molecule has 7 nitrogen and oxygen atoms in total. The second-order valence-electron chi connectivity index (χ2n) is 5.58. The number of nitrogens with zero attached hydrogens (tertiary/aromatic N) is 3. The van der Waals surface area contributed by atoms with Crippen molar-refractivity contribution in [3.05, 3.63) is 65.6 Å². The molecule has 0 aliphatic carbocycles. The topological polar surface area (TPSA) is 113 Å². The Morgan fingerprint density at radius 3 is 2.88 bits per heavy atom. The Kier molecular flexibility index (Phi) is 5.77. The van der Waals surface area contributed by atoms with Gasteiger partial charge in [0, 0.05) is 41.9 Å². The van der Waals surface area contributed by atoms with Gasteiger partial charge in [0.2, 0.25) is 5.95 Å². The Balaban J connectivity index is 1.79. The molecule has 0 amide bonds. The van der Waals surface area contributed by atoms with Crippen LogP contribution in [-0.2, 0) is 6.54 Å². The summed E-state index contributed by atoms with van der Waals surface area (Å²) in [7, 11) is 0. The molecule has 0 saturated carbocycles. The van der Waals surface area contributed by atoms with E-state index in [1.54, 1.807) is 18.6 Å². The molecule has 0 bridgehead atoms. The number of benzene rings is 1. The number of nitrogens with two attached hydrogens (primary N) is 1. The molecule has 0 aliphatic heterocycles. The molecule has 0 fully saturated rings. The first kappa shape index (κ1) is 17.8. The molecule has 2 heterocycles. The predicted octanol–water partition coefficient (Wildman–Crippen LogP) is 3.50. The molecule has 0 atom stereocenters. The molecule has 3 aromatic rings. The molecular weight excluding hydrogens is 346 g/mol. The van der Waals surface area contributed by atoms with E-state index in [-0.39, 0.29) is 0 Å². The SMILES string of the molecule is Cc1ccc(Nc2ncc(C=N)c(NCc3cccnc3)n2)cc1SN. The summed E-state index contributed by atoms with van der Waals surface area (Å²) in [6, 6.07) is 9.75. The van der Waals surface area contributed by atoms with Crippen LogP contribution in [0.3, 0.4) is 0 Å². The molecular formula is C18H19N7S. The highest BCUT2D eigenvalue weighted by molar-refractivity contribution is 7.97. The van der Waals surface area contributed by atoms with Gasteiger partial charge < -0.3 is 16.0 Å². The molecule has 2 aromatic heterocycles. The zero-order chi connectivity index (χ0) is 18.4. The average molecular weight is 365 g/mol. The second-order valence-corrected chi connectivity index (χ2v) is 6.26. The van der Waals surface area contributed by atoms with Crippen LogP contribution in [0.5, 0.6) is 0 Å². The van der Waals surface area contributed by atoms with E-state index >= 15 is 0 Å². The van der Waals surface area contributed by atoms with Gasteiger partial charge in [-0.25, -0.2) is 4.98 Å². The van der Waals surface area contributed by atoms with Crippen LogP contribution >= 0.6 is 11.9 Å². The minimum absolute atomic E-state index is 0.445. The van der Waals surface area contributed by atoms with Crippen LogP contribution in [0.4, 0.5) is 17.5 Å². The quantitative estimate of drug-likeness (QED) is 0.374. The maximum absolute atomic E-state index is 7.54. The second kappa shape index (κ2) is 8.41. The summed E-state index contributed by atoms with van der Waals surface area (Å²) in [5.41, 5.74) is 3.60. The Morgan fingerprint density at radius 2 is 2.15 bits per heavy atom. The highest BCUT2D eigenvalue weighted by Gasteiger charge is 2.07. The van der Waals surface area contributed by atoms with Crippen LogP contribution in [0.15, 0.2) is 53.8 Å². The highest BCUT2D eigenvalue weighted by atomic mass is 32.2. The third kappa shape index (κ3) is 4.35. The van der Waals surface area contributed by atoms with Crippen molar-refractivity contribution in [2.75, 3.05) is 10.6 Å².